The van der Waals surface area contributed by atoms with Crippen molar-refractivity contribution < 1.29 is 23.6 Å². The zero-order valence-corrected chi connectivity index (χ0v) is 29.4. The molecule has 4 rings (SSSR count). The Balaban J connectivity index is 1.78. The van der Waals surface area contributed by atoms with Gasteiger partial charge in [-0.25, -0.2) is 19.7 Å². The van der Waals surface area contributed by atoms with E-state index >= 15 is 0 Å². The molecule has 0 spiro atoms. The van der Waals surface area contributed by atoms with Crippen molar-refractivity contribution in [2.24, 2.45) is 5.41 Å². The van der Waals surface area contributed by atoms with Crippen molar-refractivity contribution in [3.05, 3.63) is 71.8 Å². The predicted octanol–water partition coefficient (Wildman–Crippen LogP) is 7.64. The number of benzene rings is 1. The number of imidazole rings is 1. The van der Waals surface area contributed by atoms with Gasteiger partial charge in [-0.15, -0.1) is 0 Å². The summed E-state index contributed by atoms with van der Waals surface area (Å²) in [4.78, 5) is 45.8. The lowest BCUT2D eigenvalue weighted by Crippen LogP contribution is -2.57. The molecule has 9 nitrogen and oxygen atoms in total. The zero-order chi connectivity index (χ0) is 33.4. The molecular weight excluding hydrogens is 584 g/mol. The van der Waals surface area contributed by atoms with Crippen LogP contribution in [-0.2, 0) is 25.2 Å². The van der Waals surface area contributed by atoms with Gasteiger partial charge in [-0.3, -0.25) is 4.79 Å². The largest absolute Gasteiger partial charge is 0.456 e. The van der Waals surface area contributed by atoms with Crippen LogP contribution in [0.25, 0.3) is 28.1 Å². The first kappa shape index (κ1) is 34.0. The summed E-state index contributed by atoms with van der Waals surface area (Å²) < 4.78 is 13.8. The van der Waals surface area contributed by atoms with Crippen molar-refractivity contribution in [2.45, 2.75) is 98.6 Å². The Morgan fingerprint density at radius 2 is 1.71 bits per heavy atom. The Morgan fingerprint density at radius 1 is 1.02 bits per heavy atom. The summed E-state index contributed by atoms with van der Waals surface area (Å²) in [7, 11) is -2.33. The quantitative estimate of drug-likeness (QED) is 0.130. The number of carbonyl (C=O) groups is 2. The Labute approximate surface area is 267 Å². The monoisotopic (exact) mass is 630 g/mol. The normalized spacial score (nSPS) is 14.9. The molecule has 0 saturated carbocycles. The highest BCUT2D eigenvalue weighted by Gasteiger charge is 2.53. The molecule has 0 aliphatic rings. The van der Waals surface area contributed by atoms with Gasteiger partial charge in [-0.1, -0.05) is 58.0 Å². The Morgan fingerprint density at radius 3 is 2.36 bits per heavy atom. The van der Waals surface area contributed by atoms with Gasteiger partial charge in [0, 0.05) is 24.9 Å². The molecular formula is C35H46N4O5Si. The number of esters is 1. The number of hydrogen-bond acceptors (Lipinski definition) is 8. The van der Waals surface area contributed by atoms with Gasteiger partial charge in [0.1, 0.15) is 22.9 Å². The third-order valence-electron chi connectivity index (χ3n) is 9.04. The van der Waals surface area contributed by atoms with Gasteiger partial charge in [-0.2, -0.15) is 4.73 Å². The number of hydrogen-bond donors (Lipinski definition) is 0. The molecule has 1 aromatic carbocycles. The van der Waals surface area contributed by atoms with Crippen molar-refractivity contribution in [2.75, 3.05) is 0 Å². The van der Waals surface area contributed by atoms with Gasteiger partial charge < -0.3 is 14.0 Å². The van der Waals surface area contributed by atoms with Crippen LogP contribution in [0.1, 0.15) is 85.5 Å². The topological polar surface area (TPSA) is 105 Å². The third-order valence-corrected chi connectivity index (χ3v) is 13.7. The summed E-state index contributed by atoms with van der Waals surface area (Å²) in [6.07, 6.45) is 5.54. The standard InChI is InChI=1S/C35H46N4O5Si/c1-12-30-38-31-29(14-13-21-36-31)39(30)43-32(41)35(9,34(7,8)44-45(10,11)33(4,5)6)20-19-25-15-16-26-17-18-27(37-28(26)22-25)23(2)42-24(3)40/h13-23H,12H2,1-11H3. The molecule has 0 amide bonds. The highest BCUT2D eigenvalue weighted by Crippen LogP contribution is 2.45. The summed E-state index contributed by atoms with van der Waals surface area (Å²) in [6.45, 7) is 21.8. The summed E-state index contributed by atoms with van der Waals surface area (Å²) in [5, 5.41) is 0.869. The molecule has 3 aromatic heterocycles. The predicted molar refractivity (Wildman–Crippen MR) is 180 cm³/mol. The molecule has 4 aromatic rings. The van der Waals surface area contributed by atoms with E-state index in [0.717, 1.165) is 16.5 Å². The van der Waals surface area contributed by atoms with Crippen molar-refractivity contribution in [1.82, 2.24) is 19.7 Å². The average molecular weight is 631 g/mol. The van der Waals surface area contributed by atoms with Crippen LogP contribution in [0.3, 0.4) is 0 Å². The lowest BCUT2D eigenvalue weighted by atomic mass is 9.75. The highest BCUT2D eigenvalue weighted by molar-refractivity contribution is 6.74. The number of aromatic nitrogens is 4. The molecule has 3 heterocycles. The maximum atomic E-state index is 14.4. The van der Waals surface area contributed by atoms with Gasteiger partial charge in [0.15, 0.2) is 14.0 Å². The SMILES string of the molecule is CCc1nc2ncccc2n1OC(=O)C(C)(C=Cc1ccc2ccc(C(C)OC(C)=O)nc2c1)C(C)(C)O[Si](C)(C)C(C)(C)C. The number of aryl methyl sites for hydroxylation is 1. The fourth-order valence-electron chi connectivity index (χ4n) is 4.91. The van der Waals surface area contributed by atoms with Gasteiger partial charge in [-0.05, 0) is 75.7 Å². The molecule has 45 heavy (non-hydrogen) atoms. The van der Waals surface area contributed by atoms with E-state index in [0.29, 0.717) is 29.1 Å². The Kier molecular flexibility index (Phi) is 9.43. The molecule has 0 N–H and O–H groups in total. The van der Waals surface area contributed by atoms with Crippen molar-refractivity contribution >= 4 is 48.4 Å². The van der Waals surface area contributed by atoms with Gasteiger partial charge >= 0.3 is 11.9 Å². The van der Waals surface area contributed by atoms with Gasteiger partial charge in [0.25, 0.3) is 0 Å². The molecule has 10 heteroatoms. The second-order valence-electron chi connectivity index (χ2n) is 13.7. The van der Waals surface area contributed by atoms with E-state index in [4.69, 9.17) is 19.0 Å². The first-order valence-electron chi connectivity index (χ1n) is 15.4. The summed E-state index contributed by atoms with van der Waals surface area (Å²) in [6, 6.07) is 13.4. The number of fused-ring (bicyclic) bond motifs is 2. The fourth-order valence-corrected chi connectivity index (χ4v) is 6.70. The van der Waals surface area contributed by atoms with Gasteiger partial charge in [0.05, 0.1) is 16.8 Å². The van der Waals surface area contributed by atoms with E-state index in [2.05, 4.69) is 43.8 Å². The second-order valence-corrected chi connectivity index (χ2v) is 18.5. The first-order chi connectivity index (χ1) is 20.9. The minimum atomic E-state index is -2.33. The van der Waals surface area contributed by atoms with Crippen LogP contribution >= 0.6 is 0 Å². The van der Waals surface area contributed by atoms with Crippen LogP contribution in [0.4, 0.5) is 0 Å². The zero-order valence-electron chi connectivity index (χ0n) is 28.4. The van der Waals surface area contributed by atoms with Crippen LogP contribution in [0, 0.1) is 5.41 Å². The maximum absolute atomic E-state index is 14.4. The van der Waals surface area contributed by atoms with E-state index in [9.17, 15) is 9.59 Å². The molecule has 2 unspecified atom stereocenters. The van der Waals surface area contributed by atoms with E-state index < -0.39 is 31.4 Å². The number of pyridine rings is 2. The summed E-state index contributed by atoms with van der Waals surface area (Å²) in [5.74, 6) is -0.233. The van der Waals surface area contributed by atoms with Crippen molar-refractivity contribution in [3.63, 3.8) is 0 Å². The van der Waals surface area contributed by atoms with E-state index in [1.807, 2.05) is 76.2 Å². The van der Waals surface area contributed by atoms with E-state index in [-0.39, 0.29) is 11.0 Å². The first-order valence-corrected chi connectivity index (χ1v) is 18.3. The molecule has 240 valence electrons. The average Bonchev–Trinajstić information content (AvgIpc) is 3.31. The number of nitrogens with zero attached hydrogens (tertiary/aromatic N) is 4. The number of ether oxygens (including phenoxy) is 1. The molecule has 0 aliphatic heterocycles. The fraction of sp³-hybridized carbons (Fsp3) is 0.457. The van der Waals surface area contributed by atoms with E-state index in [1.165, 1.54) is 11.7 Å². The van der Waals surface area contributed by atoms with Crippen molar-refractivity contribution in [3.8, 4) is 0 Å². The Bertz CT molecular complexity index is 1750. The lowest BCUT2D eigenvalue weighted by molar-refractivity contribution is -0.162. The summed E-state index contributed by atoms with van der Waals surface area (Å²) in [5.41, 5.74) is 1.22. The minimum absolute atomic E-state index is 0.0780. The highest BCUT2D eigenvalue weighted by atomic mass is 28.4. The molecule has 0 fully saturated rings. The summed E-state index contributed by atoms with van der Waals surface area (Å²) >= 11 is 0. The van der Waals surface area contributed by atoms with Crippen LogP contribution in [0.5, 0.6) is 0 Å². The molecule has 0 saturated heterocycles. The van der Waals surface area contributed by atoms with E-state index in [1.54, 1.807) is 19.2 Å². The number of carbonyl (C=O) groups excluding carboxylic acids is 2. The smallest absolute Gasteiger partial charge is 0.345 e. The Hall–Kier alpha value is -3.89. The maximum Gasteiger partial charge on any atom is 0.345 e. The van der Waals surface area contributed by atoms with Crippen molar-refractivity contribution in [1.29, 1.82) is 0 Å². The van der Waals surface area contributed by atoms with Crippen LogP contribution in [-0.4, -0.2) is 45.5 Å². The lowest BCUT2D eigenvalue weighted by Gasteiger charge is -2.48. The molecule has 0 radical (unpaired) electrons. The number of rotatable bonds is 10. The second kappa shape index (κ2) is 12.5. The van der Waals surface area contributed by atoms with Crippen LogP contribution in [0.2, 0.25) is 18.1 Å². The minimum Gasteiger partial charge on any atom is -0.456 e. The molecule has 0 bridgehead atoms. The third kappa shape index (κ3) is 7.02. The van der Waals surface area contributed by atoms with Crippen LogP contribution < -0.4 is 4.84 Å². The van der Waals surface area contributed by atoms with Crippen LogP contribution in [0.15, 0.2) is 54.7 Å². The molecule has 2 atom stereocenters. The van der Waals surface area contributed by atoms with Gasteiger partial charge in [0.2, 0.25) is 0 Å². The molecule has 0 aliphatic carbocycles.